The van der Waals surface area contributed by atoms with E-state index in [4.69, 9.17) is 15.2 Å². The molecule has 0 atom stereocenters. The average Bonchev–Trinajstić information content (AvgIpc) is 3.63. The summed E-state index contributed by atoms with van der Waals surface area (Å²) in [7, 11) is 1.16. The number of pyridine rings is 1. The zero-order chi connectivity index (χ0) is 35.6. The summed E-state index contributed by atoms with van der Waals surface area (Å²) in [6.07, 6.45) is -0.280. The van der Waals surface area contributed by atoms with E-state index >= 15 is 0 Å². The summed E-state index contributed by atoms with van der Waals surface area (Å²) in [6.45, 7) is 3.48. The van der Waals surface area contributed by atoms with Gasteiger partial charge in [-0.1, -0.05) is 6.07 Å². The van der Waals surface area contributed by atoms with Crippen LogP contribution in [0.25, 0.3) is 16.6 Å². The van der Waals surface area contributed by atoms with Crippen LogP contribution in [0.3, 0.4) is 0 Å². The predicted molar refractivity (Wildman–Crippen MR) is 168 cm³/mol. The van der Waals surface area contributed by atoms with Crippen molar-refractivity contribution in [3.8, 4) is 23.1 Å². The number of hydrogen-bond donors (Lipinski definition) is 4. The molecule has 2 aromatic carbocycles. The molecule has 0 saturated carbocycles. The van der Waals surface area contributed by atoms with Crippen LogP contribution in [0.4, 0.5) is 33.9 Å². The van der Waals surface area contributed by atoms with Gasteiger partial charge in [-0.25, -0.2) is 36.8 Å². The molecule has 3 aromatic heterocycles. The van der Waals surface area contributed by atoms with E-state index in [1.54, 1.807) is 6.92 Å². The van der Waals surface area contributed by atoms with Gasteiger partial charge in [0.05, 0.1) is 42.1 Å². The van der Waals surface area contributed by atoms with E-state index < -0.39 is 53.7 Å². The van der Waals surface area contributed by atoms with Crippen LogP contribution in [-0.4, -0.2) is 63.2 Å². The van der Waals surface area contributed by atoms with Crippen LogP contribution < -0.4 is 25.8 Å². The Bertz CT molecular complexity index is 2060. The molecule has 5 N–H and O–H groups in total. The zero-order valence-corrected chi connectivity index (χ0v) is 26.4. The molecule has 0 fully saturated rings. The standard InChI is InChI=1S/C32H29F4N7O6/c1-15-8-26(49-28-18(33)6-5-7-19(28)34)38-13-23(15)43-29(37)17(12-39-43)27(44)22-9-16-10-24(48-14-25(35)36)21(11-20(16)40-22)41-31(46)42-32(2,3)30(45)47-4/h5-13,25,40H,14,37H2,1-4H3,(H2,41,42,46). The van der Waals surface area contributed by atoms with Crippen molar-refractivity contribution in [3.05, 3.63) is 83.3 Å². The molecule has 0 aliphatic heterocycles. The molecular weight excluding hydrogens is 654 g/mol. The van der Waals surface area contributed by atoms with Crippen LogP contribution in [0.2, 0.25) is 0 Å². The summed E-state index contributed by atoms with van der Waals surface area (Å²) >= 11 is 0. The van der Waals surface area contributed by atoms with Crippen molar-refractivity contribution in [2.45, 2.75) is 32.7 Å². The molecule has 13 nitrogen and oxygen atoms in total. The van der Waals surface area contributed by atoms with E-state index in [1.807, 2.05) is 0 Å². The Balaban J connectivity index is 1.41. The minimum Gasteiger partial charge on any atom is -0.485 e. The Morgan fingerprint density at radius 3 is 2.45 bits per heavy atom. The van der Waals surface area contributed by atoms with Crippen LogP contribution in [-0.2, 0) is 9.53 Å². The number of benzene rings is 2. The number of nitrogen functional groups attached to an aromatic ring is 1. The van der Waals surface area contributed by atoms with Crippen molar-refractivity contribution in [3.63, 3.8) is 0 Å². The van der Waals surface area contributed by atoms with Crippen LogP contribution in [0, 0.1) is 18.6 Å². The lowest BCUT2D eigenvalue weighted by Crippen LogP contribution is -2.51. The van der Waals surface area contributed by atoms with Gasteiger partial charge in [0.15, 0.2) is 11.6 Å². The number of ketones is 1. The van der Waals surface area contributed by atoms with E-state index in [-0.39, 0.29) is 34.4 Å². The van der Waals surface area contributed by atoms with Crippen LogP contribution in [0.5, 0.6) is 17.4 Å². The smallest absolute Gasteiger partial charge is 0.331 e. The number of halogens is 4. The first kappa shape index (κ1) is 34.2. The molecule has 0 aliphatic rings. The molecule has 5 rings (SSSR count). The van der Waals surface area contributed by atoms with Crippen LogP contribution in [0.1, 0.15) is 35.5 Å². The molecule has 17 heteroatoms. The zero-order valence-electron chi connectivity index (χ0n) is 26.4. The number of urea groups is 1. The number of ether oxygens (including phenoxy) is 3. The molecule has 5 aromatic rings. The van der Waals surface area contributed by atoms with E-state index in [2.05, 4.69) is 30.4 Å². The van der Waals surface area contributed by atoms with Crippen molar-refractivity contribution >= 4 is 40.2 Å². The topological polar surface area (TPSA) is 175 Å². The van der Waals surface area contributed by atoms with E-state index in [0.717, 1.165) is 19.2 Å². The lowest BCUT2D eigenvalue weighted by molar-refractivity contribution is -0.146. The van der Waals surface area contributed by atoms with Crippen molar-refractivity contribution in [2.24, 2.45) is 0 Å². The molecule has 49 heavy (non-hydrogen) atoms. The van der Waals surface area contributed by atoms with Gasteiger partial charge in [-0.15, -0.1) is 0 Å². The Morgan fingerprint density at radius 2 is 1.80 bits per heavy atom. The lowest BCUT2D eigenvalue weighted by Gasteiger charge is -2.23. The highest BCUT2D eigenvalue weighted by Crippen LogP contribution is 2.33. The Morgan fingerprint density at radius 1 is 1.08 bits per heavy atom. The summed E-state index contributed by atoms with van der Waals surface area (Å²) < 4.78 is 70.6. The van der Waals surface area contributed by atoms with Crippen LogP contribution in [0.15, 0.2) is 54.9 Å². The van der Waals surface area contributed by atoms with Gasteiger partial charge in [0, 0.05) is 17.0 Å². The van der Waals surface area contributed by atoms with Gasteiger partial charge in [0.1, 0.15) is 23.7 Å². The highest BCUT2D eigenvalue weighted by Gasteiger charge is 2.31. The molecule has 0 saturated heterocycles. The largest absolute Gasteiger partial charge is 0.485 e. The van der Waals surface area contributed by atoms with E-state index in [0.29, 0.717) is 22.2 Å². The number of H-pyrrole nitrogens is 1. The van der Waals surface area contributed by atoms with Gasteiger partial charge in [0.25, 0.3) is 6.43 Å². The lowest BCUT2D eigenvalue weighted by atomic mass is 10.1. The van der Waals surface area contributed by atoms with Gasteiger partial charge in [-0.3, -0.25) is 4.79 Å². The number of anilines is 2. The highest BCUT2D eigenvalue weighted by molar-refractivity contribution is 6.13. The van der Waals surface area contributed by atoms with Crippen molar-refractivity contribution in [1.82, 2.24) is 25.1 Å². The molecule has 256 valence electrons. The van der Waals surface area contributed by atoms with Gasteiger partial charge in [-0.2, -0.15) is 5.10 Å². The summed E-state index contributed by atoms with van der Waals surface area (Å²) in [5, 5.41) is 9.49. The number of aryl methyl sites for hydroxylation is 1. The van der Waals surface area contributed by atoms with Crippen molar-refractivity contribution in [1.29, 1.82) is 0 Å². The minimum atomic E-state index is -2.82. The monoisotopic (exact) mass is 683 g/mol. The third-order valence-electron chi connectivity index (χ3n) is 7.16. The number of nitrogens with two attached hydrogens (primary N) is 1. The predicted octanol–water partition coefficient (Wildman–Crippen LogP) is 5.66. The SMILES string of the molecule is COC(=O)C(C)(C)NC(=O)Nc1cc2[nH]c(C(=O)c3cnn(-c4cnc(Oc5c(F)cccc5F)cc4C)c3N)cc2cc1OCC(F)F. The number of aromatic amines is 1. The number of nitrogens with one attached hydrogen (secondary N) is 3. The van der Waals surface area contributed by atoms with Gasteiger partial charge >= 0.3 is 12.0 Å². The Hall–Kier alpha value is -6.13. The molecule has 3 heterocycles. The maximum atomic E-state index is 14.0. The normalized spacial score (nSPS) is 11.4. The molecule has 2 amide bonds. The fourth-order valence-corrected chi connectivity index (χ4v) is 4.75. The molecular formula is C32H29F4N7O6. The first-order valence-electron chi connectivity index (χ1n) is 14.4. The number of rotatable bonds is 11. The number of alkyl halides is 2. The number of nitrogens with zero attached hydrogens (tertiary/aromatic N) is 3. The Labute approximate surface area is 275 Å². The molecule has 0 unspecified atom stereocenters. The van der Waals surface area contributed by atoms with Gasteiger partial charge in [0.2, 0.25) is 17.4 Å². The number of fused-ring (bicyclic) bond motifs is 1. The highest BCUT2D eigenvalue weighted by atomic mass is 19.3. The van der Waals surface area contributed by atoms with Gasteiger partial charge < -0.3 is 35.6 Å². The molecule has 0 radical (unpaired) electrons. The van der Waals surface area contributed by atoms with Gasteiger partial charge in [-0.05, 0) is 56.7 Å². The van der Waals surface area contributed by atoms with Crippen molar-refractivity contribution < 1.29 is 46.2 Å². The third kappa shape index (κ3) is 7.24. The second kappa shape index (κ2) is 13.5. The summed E-state index contributed by atoms with van der Waals surface area (Å²) in [6, 6.07) is 8.00. The number of methoxy groups -OCH3 is 1. The molecule has 0 aliphatic carbocycles. The number of aromatic nitrogens is 4. The molecule has 0 bridgehead atoms. The van der Waals surface area contributed by atoms with E-state index in [1.165, 1.54) is 61.3 Å². The number of para-hydroxylation sites is 1. The summed E-state index contributed by atoms with van der Waals surface area (Å²) in [5.41, 5.74) is 6.07. The average molecular weight is 684 g/mol. The fraction of sp³-hybridized carbons (Fsp3) is 0.219. The summed E-state index contributed by atoms with van der Waals surface area (Å²) in [4.78, 5) is 45.3. The maximum Gasteiger partial charge on any atom is 0.331 e. The summed E-state index contributed by atoms with van der Waals surface area (Å²) in [5.74, 6) is -4.02. The number of amides is 2. The van der Waals surface area contributed by atoms with Crippen molar-refractivity contribution in [2.75, 3.05) is 24.8 Å². The Kier molecular flexibility index (Phi) is 9.45. The number of carbonyl (C=O) groups excluding carboxylic acids is 3. The number of hydrogen-bond acceptors (Lipinski definition) is 9. The quantitative estimate of drug-likeness (QED) is 0.0778. The first-order chi connectivity index (χ1) is 23.2. The third-order valence-corrected chi connectivity index (χ3v) is 7.16. The minimum absolute atomic E-state index is 0.00310. The van der Waals surface area contributed by atoms with Crippen LogP contribution >= 0.6 is 0 Å². The number of esters is 1. The number of carbonyl (C=O) groups is 3. The second-order valence-electron chi connectivity index (χ2n) is 11.2. The second-order valence-corrected chi connectivity index (χ2v) is 11.2. The first-order valence-corrected chi connectivity index (χ1v) is 14.4. The van der Waals surface area contributed by atoms with E-state index in [9.17, 15) is 31.9 Å². The fourth-order valence-electron chi connectivity index (χ4n) is 4.75. The maximum absolute atomic E-state index is 14.0. The molecule has 0 spiro atoms.